The van der Waals surface area contributed by atoms with Crippen molar-refractivity contribution in [2.75, 3.05) is 12.4 Å². The number of ether oxygens (including phenoxy) is 1. The number of nitrogens with one attached hydrogen (secondary N) is 1. The van der Waals surface area contributed by atoms with E-state index < -0.39 is 5.25 Å². The largest absolute Gasteiger partial charge is 0.496 e. The van der Waals surface area contributed by atoms with Crippen LogP contribution in [0, 0.1) is 6.92 Å². The number of thioether (sulfide) groups is 1. The summed E-state index contributed by atoms with van der Waals surface area (Å²) in [7, 11) is 1.59. The van der Waals surface area contributed by atoms with E-state index in [1.165, 1.54) is 11.8 Å². The first kappa shape index (κ1) is 22.7. The van der Waals surface area contributed by atoms with Crippen molar-refractivity contribution in [1.29, 1.82) is 0 Å². The van der Waals surface area contributed by atoms with E-state index >= 15 is 0 Å². The van der Waals surface area contributed by atoms with Gasteiger partial charge in [-0.1, -0.05) is 47.3 Å². The summed E-state index contributed by atoms with van der Waals surface area (Å²) in [4.78, 5) is 26.2. The molecule has 11 heteroatoms. The topological polar surface area (TPSA) is 117 Å². The van der Waals surface area contributed by atoms with Gasteiger partial charge in [0.15, 0.2) is 5.16 Å². The molecule has 0 bridgehead atoms. The second-order valence-electron chi connectivity index (χ2n) is 7.92. The number of rotatable bonds is 7. The van der Waals surface area contributed by atoms with Crippen molar-refractivity contribution in [2.45, 2.75) is 30.8 Å². The maximum absolute atomic E-state index is 13.4. The summed E-state index contributed by atoms with van der Waals surface area (Å²) in [6.07, 6.45) is 0. The molecule has 1 unspecified atom stereocenters. The Kier molecular flexibility index (Phi) is 6.00. The van der Waals surface area contributed by atoms with Gasteiger partial charge in [-0.3, -0.25) is 23.9 Å². The second kappa shape index (κ2) is 9.26. The average Bonchev–Trinajstić information content (AvgIpc) is 3.47. The van der Waals surface area contributed by atoms with E-state index in [4.69, 9.17) is 9.26 Å². The van der Waals surface area contributed by atoms with Crippen molar-refractivity contribution >= 4 is 40.2 Å². The van der Waals surface area contributed by atoms with Crippen LogP contribution in [-0.4, -0.2) is 42.6 Å². The van der Waals surface area contributed by atoms with Gasteiger partial charge < -0.3 is 9.26 Å². The number of aromatic nitrogens is 5. The Morgan fingerprint density at radius 3 is 2.71 bits per heavy atom. The number of carbonyl (C=O) groups excluding carboxylic acids is 1. The second-order valence-corrected chi connectivity index (χ2v) is 9.23. The molecule has 10 nitrogen and oxygen atoms in total. The SMILES string of the molecule is COc1ccccc1Cn1c(=O)c2ccccc2n2c(SC(C)C(=O)Nc3cc(C)no3)nnc12. The molecule has 0 aliphatic carbocycles. The van der Waals surface area contributed by atoms with Gasteiger partial charge >= 0.3 is 0 Å². The molecule has 0 aliphatic heterocycles. The first-order valence-electron chi connectivity index (χ1n) is 10.9. The van der Waals surface area contributed by atoms with Crippen molar-refractivity contribution in [2.24, 2.45) is 0 Å². The Morgan fingerprint density at radius 2 is 1.94 bits per heavy atom. The fourth-order valence-corrected chi connectivity index (χ4v) is 4.67. The summed E-state index contributed by atoms with van der Waals surface area (Å²) >= 11 is 1.23. The molecule has 0 saturated carbocycles. The van der Waals surface area contributed by atoms with Gasteiger partial charge in [0.05, 0.1) is 35.5 Å². The summed E-state index contributed by atoms with van der Waals surface area (Å²) in [5.41, 5.74) is 1.98. The number of aryl methyl sites for hydroxylation is 1. The van der Waals surface area contributed by atoms with Crippen molar-refractivity contribution in [1.82, 2.24) is 24.3 Å². The highest BCUT2D eigenvalue weighted by Gasteiger charge is 2.23. The zero-order chi connectivity index (χ0) is 24.5. The first-order valence-corrected chi connectivity index (χ1v) is 11.7. The molecule has 3 heterocycles. The van der Waals surface area contributed by atoms with Gasteiger partial charge in [-0.25, -0.2) is 0 Å². The third kappa shape index (κ3) is 4.26. The van der Waals surface area contributed by atoms with E-state index in [0.29, 0.717) is 33.3 Å². The Morgan fingerprint density at radius 1 is 1.17 bits per heavy atom. The number of hydrogen-bond donors (Lipinski definition) is 1. The number of benzene rings is 2. The van der Waals surface area contributed by atoms with Gasteiger partial charge in [0, 0.05) is 11.6 Å². The molecule has 2 aromatic carbocycles. The molecule has 5 rings (SSSR count). The number of anilines is 1. The summed E-state index contributed by atoms with van der Waals surface area (Å²) < 4.78 is 13.9. The molecule has 35 heavy (non-hydrogen) atoms. The molecule has 3 aromatic heterocycles. The highest BCUT2D eigenvalue weighted by atomic mass is 32.2. The summed E-state index contributed by atoms with van der Waals surface area (Å²) in [5, 5.41) is 15.6. The Labute approximate surface area is 203 Å². The standard InChI is InChI=1S/C24H22N6O4S/c1-14-12-20(34-28-14)25-21(31)15(2)35-24-27-26-23-29(13-16-8-4-7-11-19(16)33-3)22(32)17-9-5-6-10-18(17)30(23)24/h4-12,15H,13H2,1-3H3,(H,25,31). The molecule has 1 atom stereocenters. The van der Waals surface area contributed by atoms with Gasteiger partial charge in [-0.15, -0.1) is 10.2 Å². The first-order chi connectivity index (χ1) is 17.0. The maximum atomic E-state index is 13.4. The normalized spacial score (nSPS) is 12.2. The zero-order valence-corrected chi connectivity index (χ0v) is 20.1. The lowest BCUT2D eigenvalue weighted by molar-refractivity contribution is -0.115. The number of para-hydroxylation sites is 2. The number of nitrogens with zero attached hydrogens (tertiary/aromatic N) is 5. The molecular weight excluding hydrogens is 468 g/mol. The van der Waals surface area contributed by atoms with Gasteiger partial charge in [0.25, 0.3) is 5.56 Å². The summed E-state index contributed by atoms with van der Waals surface area (Å²) in [6.45, 7) is 3.79. The van der Waals surface area contributed by atoms with Crippen molar-refractivity contribution in [3.63, 3.8) is 0 Å². The average molecular weight is 491 g/mol. The summed E-state index contributed by atoms with van der Waals surface area (Å²) in [5.74, 6) is 1.06. The van der Waals surface area contributed by atoms with Crippen molar-refractivity contribution in [3.05, 3.63) is 76.2 Å². The molecule has 1 amide bonds. The fourth-order valence-electron chi connectivity index (χ4n) is 3.81. The molecular formula is C24H22N6O4S. The minimum absolute atomic E-state index is 0.186. The number of fused-ring (bicyclic) bond motifs is 3. The predicted molar refractivity (Wildman–Crippen MR) is 132 cm³/mol. The lowest BCUT2D eigenvalue weighted by Gasteiger charge is -2.14. The van der Waals surface area contributed by atoms with E-state index in [9.17, 15) is 9.59 Å². The van der Waals surface area contributed by atoms with E-state index in [1.807, 2.05) is 42.5 Å². The highest BCUT2D eigenvalue weighted by molar-refractivity contribution is 8.00. The highest BCUT2D eigenvalue weighted by Crippen LogP contribution is 2.27. The monoisotopic (exact) mass is 490 g/mol. The van der Waals surface area contributed by atoms with Crippen LogP contribution < -0.4 is 15.6 Å². The molecule has 5 aromatic rings. The van der Waals surface area contributed by atoms with E-state index in [1.54, 1.807) is 42.1 Å². The van der Waals surface area contributed by atoms with Crippen LogP contribution in [0.15, 0.2) is 69.1 Å². The smallest absolute Gasteiger partial charge is 0.263 e. The Hall–Kier alpha value is -4.12. The quantitative estimate of drug-likeness (QED) is 0.345. The number of hydrogen-bond acceptors (Lipinski definition) is 8. The molecule has 0 aliphatic rings. The Balaban J connectivity index is 1.56. The van der Waals surface area contributed by atoms with Crippen LogP contribution in [-0.2, 0) is 11.3 Å². The zero-order valence-electron chi connectivity index (χ0n) is 19.3. The van der Waals surface area contributed by atoms with Crippen molar-refractivity contribution < 1.29 is 14.1 Å². The Bertz CT molecular complexity index is 1600. The van der Waals surface area contributed by atoms with Crippen LogP contribution in [0.1, 0.15) is 18.2 Å². The van der Waals surface area contributed by atoms with Gasteiger partial charge in [0.2, 0.25) is 17.6 Å². The van der Waals surface area contributed by atoms with Crippen molar-refractivity contribution in [3.8, 4) is 5.75 Å². The van der Waals surface area contributed by atoms with Gasteiger partial charge in [-0.05, 0) is 32.0 Å². The lowest BCUT2D eigenvalue weighted by Crippen LogP contribution is -2.25. The summed E-state index contributed by atoms with van der Waals surface area (Å²) in [6, 6.07) is 16.4. The molecule has 0 fully saturated rings. The van der Waals surface area contributed by atoms with E-state index in [2.05, 4.69) is 20.7 Å². The van der Waals surface area contributed by atoms with Crippen LogP contribution in [0.5, 0.6) is 5.75 Å². The fraction of sp³-hybridized carbons (Fsp3) is 0.208. The maximum Gasteiger partial charge on any atom is 0.263 e. The molecule has 1 N–H and O–H groups in total. The number of amides is 1. The van der Waals surface area contributed by atoms with Crippen LogP contribution in [0.2, 0.25) is 0 Å². The minimum atomic E-state index is -0.527. The van der Waals surface area contributed by atoms with E-state index in [-0.39, 0.29) is 23.9 Å². The lowest BCUT2D eigenvalue weighted by atomic mass is 10.2. The third-order valence-electron chi connectivity index (χ3n) is 5.52. The number of methoxy groups -OCH3 is 1. The van der Waals surface area contributed by atoms with E-state index in [0.717, 1.165) is 5.56 Å². The minimum Gasteiger partial charge on any atom is -0.496 e. The predicted octanol–water partition coefficient (Wildman–Crippen LogP) is 3.52. The van der Waals surface area contributed by atoms with Crippen LogP contribution >= 0.6 is 11.8 Å². The van der Waals surface area contributed by atoms with Crippen LogP contribution in [0.4, 0.5) is 5.88 Å². The molecule has 0 radical (unpaired) electrons. The number of carbonyl (C=O) groups is 1. The van der Waals surface area contributed by atoms with Gasteiger partial charge in [0.1, 0.15) is 5.75 Å². The molecule has 0 saturated heterocycles. The molecule has 0 spiro atoms. The third-order valence-corrected chi connectivity index (χ3v) is 6.57. The van der Waals surface area contributed by atoms with Gasteiger partial charge in [-0.2, -0.15) is 0 Å². The molecule has 178 valence electrons. The van der Waals surface area contributed by atoms with Crippen LogP contribution in [0.3, 0.4) is 0 Å². The van der Waals surface area contributed by atoms with Crippen LogP contribution in [0.25, 0.3) is 16.7 Å².